The fourth-order valence-corrected chi connectivity index (χ4v) is 3.00. The van der Waals surface area contributed by atoms with Crippen molar-refractivity contribution in [3.05, 3.63) is 33.2 Å². The van der Waals surface area contributed by atoms with Crippen molar-refractivity contribution in [1.29, 1.82) is 0 Å². The third-order valence-corrected chi connectivity index (χ3v) is 3.97. The molecule has 2 rings (SSSR count). The molecule has 0 N–H and O–H groups in total. The largest absolute Gasteiger partial charge is 0.312 e. The number of rotatable bonds is 3. The SMILES string of the molecule is CC(C)Cn1c2c(cc(CBr)c1=O)CCCC2. The maximum absolute atomic E-state index is 12.3. The van der Waals surface area contributed by atoms with Crippen LogP contribution in [0.25, 0.3) is 0 Å². The molecule has 1 heterocycles. The molecule has 0 fully saturated rings. The highest BCUT2D eigenvalue weighted by Crippen LogP contribution is 2.22. The van der Waals surface area contributed by atoms with Gasteiger partial charge in [0.15, 0.2) is 0 Å². The molecule has 2 nitrogen and oxygen atoms in total. The summed E-state index contributed by atoms with van der Waals surface area (Å²) in [6, 6.07) is 2.11. The summed E-state index contributed by atoms with van der Waals surface area (Å²) < 4.78 is 2.02. The Morgan fingerprint density at radius 1 is 1.35 bits per heavy atom. The zero-order valence-electron chi connectivity index (χ0n) is 10.6. The molecule has 0 atom stereocenters. The van der Waals surface area contributed by atoms with E-state index < -0.39 is 0 Å². The number of nitrogens with zero attached hydrogens (tertiary/aromatic N) is 1. The van der Waals surface area contributed by atoms with Gasteiger partial charge in [-0.1, -0.05) is 29.8 Å². The van der Waals surface area contributed by atoms with Crippen molar-refractivity contribution in [2.75, 3.05) is 0 Å². The quantitative estimate of drug-likeness (QED) is 0.785. The Kier molecular flexibility index (Phi) is 4.08. The number of alkyl halides is 1. The molecule has 17 heavy (non-hydrogen) atoms. The number of aryl methyl sites for hydroxylation is 1. The second kappa shape index (κ2) is 5.38. The number of aromatic nitrogens is 1. The number of hydrogen-bond donors (Lipinski definition) is 0. The summed E-state index contributed by atoms with van der Waals surface area (Å²) in [4.78, 5) is 12.3. The zero-order chi connectivity index (χ0) is 12.4. The van der Waals surface area contributed by atoms with E-state index in [1.807, 2.05) is 4.57 Å². The van der Waals surface area contributed by atoms with E-state index >= 15 is 0 Å². The van der Waals surface area contributed by atoms with Crippen LogP contribution in [0.15, 0.2) is 10.9 Å². The maximum Gasteiger partial charge on any atom is 0.254 e. The van der Waals surface area contributed by atoms with Crippen molar-refractivity contribution in [3.63, 3.8) is 0 Å². The summed E-state index contributed by atoms with van der Waals surface area (Å²) in [5.74, 6) is 0.518. The second-order valence-corrected chi connectivity index (χ2v) is 5.85. The molecule has 0 bridgehead atoms. The number of halogens is 1. The van der Waals surface area contributed by atoms with E-state index in [0.717, 1.165) is 24.9 Å². The summed E-state index contributed by atoms with van der Waals surface area (Å²) in [5, 5.41) is 0.664. The molecular weight excluding hydrogens is 278 g/mol. The zero-order valence-corrected chi connectivity index (χ0v) is 12.2. The minimum Gasteiger partial charge on any atom is -0.312 e. The average molecular weight is 298 g/mol. The standard InChI is InChI=1S/C14H20BrNO/c1-10(2)9-16-13-6-4-3-5-11(13)7-12(8-15)14(16)17/h7,10H,3-6,8-9H2,1-2H3. The van der Waals surface area contributed by atoms with Gasteiger partial charge < -0.3 is 4.57 Å². The van der Waals surface area contributed by atoms with Crippen molar-refractivity contribution >= 4 is 15.9 Å². The summed E-state index contributed by atoms with van der Waals surface area (Å²) >= 11 is 3.42. The van der Waals surface area contributed by atoms with Crippen molar-refractivity contribution in [2.24, 2.45) is 5.92 Å². The highest BCUT2D eigenvalue weighted by Gasteiger charge is 2.17. The number of pyridine rings is 1. The molecule has 94 valence electrons. The van der Waals surface area contributed by atoms with Crippen LogP contribution in [-0.4, -0.2) is 4.57 Å². The summed E-state index contributed by atoms with van der Waals surface area (Å²) in [7, 11) is 0. The Balaban J connectivity index is 2.55. The molecule has 0 aromatic carbocycles. The van der Waals surface area contributed by atoms with Crippen LogP contribution in [0, 0.1) is 5.92 Å². The molecule has 3 heteroatoms. The molecule has 1 aliphatic carbocycles. The predicted octanol–water partition coefficient (Wildman–Crippen LogP) is 3.28. The molecular formula is C14H20BrNO. The van der Waals surface area contributed by atoms with Gasteiger partial charge in [-0.05, 0) is 43.2 Å². The Morgan fingerprint density at radius 2 is 2.06 bits per heavy atom. The first-order chi connectivity index (χ1) is 8.13. The summed E-state index contributed by atoms with van der Waals surface area (Å²) in [6.07, 6.45) is 4.68. The van der Waals surface area contributed by atoms with Gasteiger partial charge in [0.05, 0.1) is 0 Å². The fourth-order valence-electron chi connectivity index (χ4n) is 2.60. The van der Waals surface area contributed by atoms with Crippen molar-refractivity contribution in [1.82, 2.24) is 4.57 Å². The first kappa shape index (κ1) is 12.9. The molecule has 0 unspecified atom stereocenters. The Bertz CT molecular complexity index is 462. The monoisotopic (exact) mass is 297 g/mol. The van der Waals surface area contributed by atoms with Gasteiger partial charge in [-0.25, -0.2) is 0 Å². The van der Waals surface area contributed by atoms with Crippen LogP contribution in [0.2, 0.25) is 0 Å². The third kappa shape index (κ3) is 2.65. The van der Waals surface area contributed by atoms with Crippen LogP contribution in [0.4, 0.5) is 0 Å². The predicted molar refractivity (Wildman–Crippen MR) is 74.8 cm³/mol. The van der Waals surface area contributed by atoms with Crippen LogP contribution in [0.1, 0.15) is 43.5 Å². The van der Waals surface area contributed by atoms with Crippen molar-refractivity contribution in [3.8, 4) is 0 Å². The van der Waals surface area contributed by atoms with Crippen LogP contribution < -0.4 is 5.56 Å². The Morgan fingerprint density at radius 3 is 2.71 bits per heavy atom. The molecule has 0 radical (unpaired) electrons. The van der Waals surface area contributed by atoms with Crippen LogP contribution in [0.5, 0.6) is 0 Å². The Hall–Kier alpha value is -0.570. The van der Waals surface area contributed by atoms with Gasteiger partial charge in [0, 0.05) is 23.1 Å². The summed E-state index contributed by atoms with van der Waals surface area (Å²) in [6.45, 7) is 5.19. The summed E-state index contributed by atoms with van der Waals surface area (Å²) in [5.41, 5.74) is 3.80. The molecule has 0 amide bonds. The molecule has 0 saturated carbocycles. The lowest BCUT2D eigenvalue weighted by molar-refractivity contribution is 0.478. The Labute approximate surface area is 111 Å². The van der Waals surface area contributed by atoms with E-state index in [0.29, 0.717) is 11.2 Å². The minimum atomic E-state index is 0.205. The lowest BCUT2D eigenvalue weighted by Crippen LogP contribution is -2.30. The highest BCUT2D eigenvalue weighted by atomic mass is 79.9. The van der Waals surface area contributed by atoms with Gasteiger partial charge in [-0.15, -0.1) is 0 Å². The van der Waals surface area contributed by atoms with Gasteiger partial charge in [0.25, 0.3) is 5.56 Å². The van der Waals surface area contributed by atoms with Gasteiger partial charge >= 0.3 is 0 Å². The van der Waals surface area contributed by atoms with E-state index in [1.165, 1.54) is 24.1 Å². The van der Waals surface area contributed by atoms with Crippen molar-refractivity contribution in [2.45, 2.75) is 51.4 Å². The van der Waals surface area contributed by atoms with Gasteiger partial charge in [-0.3, -0.25) is 4.79 Å². The average Bonchev–Trinajstić information content (AvgIpc) is 2.32. The highest BCUT2D eigenvalue weighted by molar-refractivity contribution is 9.08. The second-order valence-electron chi connectivity index (χ2n) is 5.29. The van der Waals surface area contributed by atoms with E-state index in [9.17, 15) is 4.79 Å². The van der Waals surface area contributed by atoms with Crippen LogP contribution >= 0.6 is 15.9 Å². The molecule has 0 saturated heterocycles. The lowest BCUT2D eigenvalue weighted by Gasteiger charge is -2.23. The van der Waals surface area contributed by atoms with E-state index in [2.05, 4.69) is 35.8 Å². The normalized spacial score (nSPS) is 15.1. The smallest absolute Gasteiger partial charge is 0.254 e. The molecule has 1 aromatic heterocycles. The van der Waals surface area contributed by atoms with Gasteiger partial charge in [0.1, 0.15) is 0 Å². The maximum atomic E-state index is 12.3. The molecule has 1 aliphatic rings. The van der Waals surface area contributed by atoms with E-state index in [-0.39, 0.29) is 5.56 Å². The molecule has 1 aromatic rings. The van der Waals surface area contributed by atoms with Crippen LogP contribution in [0.3, 0.4) is 0 Å². The number of hydrogen-bond acceptors (Lipinski definition) is 1. The molecule has 0 aliphatic heterocycles. The fraction of sp³-hybridized carbons (Fsp3) is 0.643. The van der Waals surface area contributed by atoms with Crippen molar-refractivity contribution < 1.29 is 0 Å². The minimum absolute atomic E-state index is 0.205. The first-order valence-electron chi connectivity index (χ1n) is 6.44. The molecule has 0 spiro atoms. The lowest BCUT2D eigenvalue weighted by atomic mass is 9.94. The van der Waals surface area contributed by atoms with Crippen LogP contribution in [-0.2, 0) is 24.7 Å². The topological polar surface area (TPSA) is 22.0 Å². The van der Waals surface area contributed by atoms with E-state index in [4.69, 9.17) is 0 Å². The van der Waals surface area contributed by atoms with E-state index in [1.54, 1.807) is 0 Å². The van der Waals surface area contributed by atoms with Gasteiger partial charge in [0.2, 0.25) is 0 Å². The number of fused-ring (bicyclic) bond motifs is 1. The third-order valence-electron chi connectivity index (χ3n) is 3.37. The first-order valence-corrected chi connectivity index (χ1v) is 7.56. The van der Waals surface area contributed by atoms with Gasteiger partial charge in [-0.2, -0.15) is 0 Å².